The van der Waals surface area contributed by atoms with Crippen LogP contribution in [-0.4, -0.2) is 22.4 Å². The van der Waals surface area contributed by atoms with Crippen molar-refractivity contribution in [3.05, 3.63) is 53.9 Å². The van der Waals surface area contributed by atoms with Crippen LogP contribution in [0.3, 0.4) is 0 Å². The van der Waals surface area contributed by atoms with Crippen molar-refractivity contribution in [2.75, 3.05) is 5.32 Å². The fraction of sp³-hybridized carbons (Fsp3) is 0.0667. The molecule has 1 heterocycles. The van der Waals surface area contributed by atoms with E-state index in [9.17, 15) is 19.1 Å². The third kappa shape index (κ3) is 10.8. The summed E-state index contributed by atoms with van der Waals surface area (Å²) >= 11 is 4.61. The van der Waals surface area contributed by atoms with Crippen molar-refractivity contribution in [3.8, 4) is 5.75 Å². The Kier molecular flexibility index (Phi) is 13.6. The number of carbonyl (C=O) groups is 1. The predicted molar refractivity (Wildman–Crippen MR) is 100 cm³/mol. The molecule has 0 saturated carbocycles. The zero-order valence-corrected chi connectivity index (χ0v) is 21.8. The van der Waals surface area contributed by atoms with Crippen LogP contribution in [-0.2, 0) is 15.9 Å². The number of hydrogen-bond acceptors (Lipinski definition) is 9. The van der Waals surface area contributed by atoms with Crippen LogP contribution in [0.5, 0.6) is 5.75 Å². The molecular weight excluding hydrogens is 455 g/mol. The van der Waals surface area contributed by atoms with E-state index in [-0.39, 0.29) is 87.8 Å². The van der Waals surface area contributed by atoms with Crippen molar-refractivity contribution < 1.29 is 87.5 Å². The van der Waals surface area contributed by atoms with Gasteiger partial charge in [-0.15, -0.1) is 0 Å². The fourth-order valence-corrected chi connectivity index (χ4v) is 2.38. The molecular formula is C15H14N5Na2O6PS. The summed E-state index contributed by atoms with van der Waals surface area (Å²) in [5.74, 6) is -0.221. The maximum atomic E-state index is 12.0. The minimum Gasteiger partial charge on any atom is -0.780 e. The summed E-state index contributed by atoms with van der Waals surface area (Å²) in [4.78, 5) is 37.6. The number of para-hydroxylation sites is 1. The molecule has 0 bridgehead atoms. The van der Waals surface area contributed by atoms with Crippen LogP contribution in [0.15, 0.2) is 47.7 Å². The van der Waals surface area contributed by atoms with Crippen LogP contribution in [0, 0.1) is 0 Å². The number of hydrogen-bond donors (Lipinski definition) is 3. The van der Waals surface area contributed by atoms with Crippen molar-refractivity contribution in [1.82, 2.24) is 10.4 Å². The SMILES string of the molecule is NC(=S)N/N=C/c1ncccc1NC(=O)OCc1ccccc1OP(=O)([O-])[O-].[Na+].[Na+]. The van der Waals surface area contributed by atoms with E-state index in [1.165, 1.54) is 30.6 Å². The Morgan fingerprint density at radius 1 is 1.27 bits per heavy atom. The Morgan fingerprint density at radius 3 is 2.63 bits per heavy atom. The summed E-state index contributed by atoms with van der Waals surface area (Å²) < 4.78 is 20.2. The molecule has 1 aromatic carbocycles. The fourth-order valence-electron chi connectivity index (χ4n) is 1.91. The molecule has 2 rings (SSSR count). The molecule has 0 fully saturated rings. The minimum absolute atomic E-state index is 0. The molecule has 11 nitrogen and oxygen atoms in total. The first kappa shape index (κ1) is 28.9. The first-order valence-corrected chi connectivity index (χ1v) is 9.38. The van der Waals surface area contributed by atoms with Gasteiger partial charge in [0.15, 0.2) is 5.11 Å². The quantitative estimate of drug-likeness (QED) is 0.117. The van der Waals surface area contributed by atoms with Gasteiger partial charge in [-0.1, -0.05) is 18.2 Å². The van der Waals surface area contributed by atoms with Crippen LogP contribution in [0.25, 0.3) is 0 Å². The Bertz CT molecular complexity index is 945. The van der Waals surface area contributed by atoms with Gasteiger partial charge in [-0.05, 0) is 30.4 Å². The number of nitrogens with two attached hydrogens (primary N) is 1. The van der Waals surface area contributed by atoms with Crippen molar-refractivity contribution in [3.63, 3.8) is 0 Å². The molecule has 148 valence electrons. The van der Waals surface area contributed by atoms with E-state index in [1.54, 1.807) is 18.2 Å². The third-order valence-electron chi connectivity index (χ3n) is 2.98. The molecule has 0 aliphatic carbocycles. The molecule has 1 amide bonds. The van der Waals surface area contributed by atoms with Gasteiger partial charge in [0.25, 0.3) is 0 Å². The Balaban J connectivity index is 0.00000420. The molecule has 0 radical (unpaired) electrons. The Morgan fingerprint density at radius 2 is 1.97 bits per heavy atom. The normalized spacial score (nSPS) is 10.3. The second kappa shape index (κ2) is 14.1. The molecule has 4 N–H and O–H groups in total. The number of rotatable bonds is 7. The van der Waals surface area contributed by atoms with E-state index >= 15 is 0 Å². The Labute approximate surface area is 221 Å². The second-order valence-electron chi connectivity index (χ2n) is 5.02. The van der Waals surface area contributed by atoms with Crippen LogP contribution in [0.1, 0.15) is 11.3 Å². The van der Waals surface area contributed by atoms with E-state index in [0.29, 0.717) is 5.69 Å². The number of pyridine rings is 1. The molecule has 30 heavy (non-hydrogen) atoms. The van der Waals surface area contributed by atoms with Gasteiger partial charge in [0, 0.05) is 11.8 Å². The van der Waals surface area contributed by atoms with Gasteiger partial charge < -0.3 is 29.3 Å². The molecule has 0 spiro atoms. The first-order valence-electron chi connectivity index (χ1n) is 7.51. The summed E-state index contributed by atoms with van der Waals surface area (Å²) in [5.41, 5.74) is 8.38. The number of aromatic nitrogens is 1. The number of amides is 1. The van der Waals surface area contributed by atoms with Crippen LogP contribution in [0.4, 0.5) is 10.5 Å². The van der Waals surface area contributed by atoms with Gasteiger partial charge in [-0.25, -0.2) is 4.79 Å². The minimum atomic E-state index is -5.24. The average molecular weight is 469 g/mol. The largest absolute Gasteiger partial charge is 1.00 e. The number of benzene rings is 1. The van der Waals surface area contributed by atoms with Crippen LogP contribution in [0.2, 0.25) is 0 Å². The molecule has 0 atom stereocenters. The number of nitrogens with one attached hydrogen (secondary N) is 2. The number of nitrogens with zero attached hydrogens (tertiary/aromatic N) is 2. The van der Waals surface area contributed by atoms with Crippen LogP contribution >= 0.6 is 20.0 Å². The summed E-state index contributed by atoms with van der Waals surface area (Å²) in [6, 6.07) is 8.88. The zero-order chi connectivity index (χ0) is 20.6. The van der Waals surface area contributed by atoms with E-state index in [4.69, 9.17) is 10.5 Å². The molecule has 0 aliphatic rings. The average Bonchev–Trinajstić information content (AvgIpc) is 2.61. The van der Waals surface area contributed by atoms with Crippen molar-refractivity contribution in [2.24, 2.45) is 10.8 Å². The maximum Gasteiger partial charge on any atom is 1.00 e. The summed E-state index contributed by atoms with van der Waals surface area (Å²) in [6.07, 6.45) is 1.92. The van der Waals surface area contributed by atoms with E-state index in [1.807, 2.05) is 0 Å². The number of carbonyl (C=O) groups excluding carboxylic acids is 1. The number of thiocarbonyl (C=S) groups is 1. The predicted octanol–water partition coefficient (Wildman–Crippen LogP) is -5.79. The van der Waals surface area contributed by atoms with Crippen molar-refractivity contribution >= 4 is 43.1 Å². The second-order valence-corrected chi connectivity index (χ2v) is 6.53. The molecule has 0 aliphatic heterocycles. The third-order valence-corrected chi connectivity index (χ3v) is 3.49. The topological polar surface area (TPSA) is 174 Å². The van der Waals surface area contributed by atoms with Gasteiger partial charge in [0.05, 0.1) is 11.9 Å². The number of ether oxygens (including phenoxy) is 1. The monoisotopic (exact) mass is 469 g/mol. The molecule has 15 heteroatoms. The Hall–Kier alpha value is -1.05. The number of anilines is 1. The van der Waals surface area contributed by atoms with Gasteiger partial charge >= 0.3 is 65.2 Å². The first-order chi connectivity index (χ1) is 13.2. The smallest absolute Gasteiger partial charge is 0.780 e. The number of phosphoric ester groups is 1. The maximum absolute atomic E-state index is 12.0. The van der Waals surface area contributed by atoms with Crippen LogP contribution < -0.4 is 89.9 Å². The van der Waals surface area contributed by atoms with E-state index in [0.717, 1.165) is 0 Å². The molecule has 0 unspecified atom stereocenters. The standard InChI is InChI=1S/C15H16N5O6PS.2Na/c16-14(28)20-18-8-12-11(5-3-7-17-12)19-15(21)25-9-10-4-1-2-6-13(10)26-27(22,23)24;;/h1-8H,9H2,(H,19,21)(H3,16,20,28)(H2,22,23,24);;/q;2*+1/p-2/b18-8+;;. The summed E-state index contributed by atoms with van der Waals surface area (Å²) in [7, 11) is -5.24. The molecule has 1 aromatic heterocycles. The van der Waals surface area contributed by atoms with Gasteiger partial charge in [-0.3, -0.25) is 15.7 Å². The van der Waals surface area contributed by atoms with E-state index in [2.05, 4.69) is 37.6 Å². The number of hydrazone groups is 1. The van der Waals surface area contributed by atoms with Crippen molar-refractivity contribution in [1.29, 1.82) is 0 Å². The van der Waals surface area contributed by atoms with Gasteiger partial charge in [0.1, 0.15) is 25.9 Å². The van der Waals surface area contributed by atoms with Crippen molar-refractivity contribution in [2.45, 2.75) is 6.61 Å². The molecule has 0 saturated heterocycles. The van der Waals surface area contributed by atoms with Gasteiger partial charge in [-0.2, -0.15) is 5.10 Å². The zero-order valence-electron chi connectivity index (χ0n) is 16.1. The summed E-state index contributed by atoms with van der Waals surface area (Å²) in [5, 5.41) is 6.17. The van der Waals surface area contributed by atoms with Gasteiger partial charge in [0.2, 0.25) is 0 Å². The molecule has 2 aromatic rings. The number of phosphoric acid groups is 1. The summed E-state index contributed by atoms with van der Waals surface area (Å²) in [6.45, 7) is -0.339. The van der Waals surface area contributed by atoms with E-state index < -0.39 is 13.9 Å².